The van der Waals surface area contributed by atoms with Gasteiger partial charge in [0.2, 0.25) is 0 Å². The molecule has 1 aromatic heterocycles. The third-order valence-electron chi connectivity index (χ3n) is 5.75. The maximum atomic E-state index is 10.2. The van der Waals surface area contributed by atoms with Crippen LogP contribution in [0, 0.1) is 39.0 Å². The van der Waals surface area contributed by atoms with Crippen molar-refractivity contribution in [2.24, 2.45) is 0 Å². The zero-order valence-electron chi connectivity index (χ0n) is 18.6. The molecule has 0 saturated carbocycles. The van der Waals surface area contributed by atoms with E-state index in [0.717, 1.165) is 55.9 Å². The Bertz CT molecular complexity index is 1260. The summed E-state index contributed by atoms with van der Waals surface area (Å²) in [5.74, 6) is 0.587. The van der Waals surface area contributed by atoms with Crippen LogP contribution in [0.2, 0.25) is 0 Å². The summed E-state index contributed by atoms with van der Waals surface area (Å²) in [4.78, 5) is 4.94. The lowest BCUT2D eigenvalue weighted by atomic mass is 9.96. The maximum Gasteiger partial charge on any atom is 0.121 e. The molecule has 4 heteroatoms. The van der Waals surface area contributed by atoms with Crippen molar-refractivity contribution in [1.82, 2.24) is 4.98 Å². The van der Waals surface area contributed by atoms with Crippen molar-refractivity contribution in [2.45, 2.75) is 27.7 Å². The molecule has 0 atom stereocenters. The number of hydrogen-bond donors (Lipinski definition) is 2. The summed E-state index contributed by atoms with van der Waals surface area (Å²) in [6, 6.07) is 21.4. The number of phenols is 2. The standard InChI is InChI=1S/C28H24N2O2/c1-16-9-23(10-17(2)27(16)31)25-13-22(21-7-5-20(15-29)6-8-21)14-26(30-25)24-11-18(3)28(32)19(4)12-24/h5-14,31-32H,1-4H3. The van der Waals surface area contributed by atoms with Crippen molar-refractivity contribution in [2.75, 3.05) is 0 Å². The van der Waals surface area contributed by atoms with E-state index in [9.17, 15) is 10.2 Å². The fourth-order valence-electron chi connectivity index (χ4n) is 3.94. The molecule has 0 aliphatic rings. The van der Waals surface area contributed by atoms with Crippen LogP contribution in [0.5, 0.6) is 11.5 Å². The number of hydrogen-bond acceptors (Lipinski definition) is 4. The lowest BCUT2D eigenvalue weighted by molar-refractivity contribution is 0.466. The molecule has 1 heterocycles. The molecule has 0 spiro atoms. The Morgan fingerprint density at radius 2 is 1.00 bits per heavy atom. The van der Waals surface area contributed by atoms with Crippen molar-refractivity contribution < 1.29 is 10.2 Å². The van der Waals surface area contributed by atoms with Gasteiger partial charge in [-0.25, -0.2) is 4.98 Å². The van der Waals surface area contributed by atoms with Crippen LogP contribution in [0.1, 0.15) is 27.8 Å². The summed E-state index contributed by atoms with van der Waals surface area (Å²) in [5, 5.41) is 29.6. The molecule has 0 aliphatic heterocycles. The van der Waals surface area contributed by atoms with E-state index in [-0.39, 0.29) is 0 Å². The SMILES string of the molecule is Cc1cc(-c2cc(-c3ccc(C#N)cc3)cc(-c3cc(C)c(O)c(C)c3)n2)cc(C)c1O. The second kappa shape index (κ2) is 8.20. The number of aryl methyl sites for hydroxylation is 4. The van der Waals surface area contributed by atoms with E-state index in [2.05, 4.69) is 6.07 Å². The molecular weight excluding hydrogens is 396 g/mol. The van der Waals surface area contributed by atoms with Crippen molar-refractivity contribution in [3.63, 3.8) is 0 Å². The molecule has 0 amide bonds. The Morgan fingerprint density at radius 1 is 0.594 bits per heavy atom. The summed E-state index contributed by atoms with van der Waals surface area (Å²) in [5.41, 5.74) is 9.16. The topological polar surface area (TPSA) is 77.1 Å². The molecule has 0 unspecified atom stereocenters. The van der Waals surface area contributed by atoms with Gasteiger partial charge in [0.15, 0.2) is 0 Å². The second-order valence-corrected chi connectivity index (χ2v) is 8.23. The molecule has 32 heavy (non-hydrogen) atoms. The molecule has 0 fully saturated rings. The molecule has 0 bridgehead atoms. The van der Waals surface area contributed by atoms with Crippen LogP contribution in [0.25, 0.3) is 33.6 Å². The van der Waals surface area contributed by atoms with E-state index >= 15 is 0 Å². The zero-order valence-corrected chi connectivity index (χ0v) is 18.6. The van der Waals surface area contributed by atoms with Crippen molar-refractivity contribution in [3.8, 4) is 51.2 Å². The second-order valence-electron chi connectivity index (χ2n) is 8.23. The van der Waals surface area contributed by atoms with Gasteiger partial charge in [-0.15, -0.1) is 0 Å². The normalized spacial score (nSPS) is 10.7. The lowest BCUT2D eigenvalue weighted by Gasteiger charge is -2.13. The predicted octanol–water partition coefficient (Wildman–Crippen LogP) is 6.60. The van der Waals surface area contributed by atoms with Crippen molar-refractivity contribution >= 4 is 0 Å². The van der Waals surface area contributed by atoms with E-state index in [0.29, 0.717) is 17.1 Å². The average Bonchev–Trinajstić information content (AvgIpc) is 2.80. The first-order valence-corrected chi connectivity index (χ1v) is 10.4. The summed E-state index contributed by atoms with van der Waals surface area (Å²) >= 11 is 0. The molecule has 0 saturated heterocycles. The van der Waals surface area contributed by atoms with Gasteiger partial charge in [-0.1, -0.05) is 12.1 Å². The smallest absolute Gasteiger partial charge is 0.121 e. The quantitative estimate of drug-likeness (QED) is 0.391. The first kappa shape index (κ1) is 21.1. The van der Waals surface area contributed by atoms with Crippen LogP contribution in [0.4, 0.5) is 0 Å². The van der Waals surface area contributed by atoms with Crippen molar-refractivity contribution in [1.29, 1.82) is 5.26 Å². The maximum absolute atomic E-state index is 10.2. The third-order valence-corrected chi connectivity index (χ3v) is 5.75. The lowest BCUT2D eigenvalue weighted by Crippen LogP contribution is -1.94. The zero-order chi connectivity index (χ0) is 23.0. The Balaban J connectivity index is 1.96. The van der Waals surface area contributed by atoms with E-state index in [1.165, 1.54) is 0 Å². The molecule has 158 valence electrons. The highest BCUT2D eigenvalue weighted by molar-refractivity contribution is 5.78. The minimum atomic E-state index is 0.294. The number of rotatable bonds is 3. The third kappa shape index (κ3) is 3.93. The van der Waals surface area contributed by atoms with Crippen molar-refractivity contribution in [3.05, 3.63) is 88.5 Å². The fourth-order valence-corrected chi connectivity index (χ4v) is 3.94. The number of nitrogens with zero attached hydrogens (tertiary/aromatic N) is 2. The number of aromatic hydroxyl groups is 2. The van der Waals surface area contributed by atoms with Gasteiger partial charge in [0.05, 0.1) is 23.0 Å². The molecule has 4 rings (SSSR count). The molecule has 0 aliphatic carbocycles. The molecular formula is C28H24N2O2. The van der Waals surface area contributed by atoms with E-state index in [1.54, 1.807) is 12.1 Å². The molecule has 2 N–H and O–H groups in total. The average molecular weight is 421 g/mol. The van der Waals surface area contributed by atoms with E-state index in [4.69, 9.17) is 10.2 Å². The van der Waals surface area contributed by atoms with Gasteiger partial charge in [0, 0.05) is 11.1 Å². The first-order valence-electron chi connectivity index (χ1n) is 10.4. The monoisotopic (exact) mass is 420 g/mol. The van der Waals surface area contributed by atoms with Gasteiger partial charge in [-0.3, -0.25) is 0 Å². The number of pyridine rings is 1. The molecule has 0 radical (unpaired) electrons. The first-order chi connectivity index (χ1) is 15.3. The Morgan fingerprint density at radius 3 is 1.38 bits per heavy atom. The summed E-state index contributed by atoms with van der Waals surface area (Å²) < 4.78 is 0. The highest BCUT2D eigenvalue weighted by Gasteiger charge is 2.13. The summed E-state index contributed by atoms with van der Waals surface area (Å²) in [6.45, 7) is 7.52. The minimum absolute atomic E-state index is 0.294. The van der Waals surface area contributed by atoms with Gasteiger partial charge >= 0.3 is 0 Å². The summed E-state index contributed by atoms with van der Waals surface area (Å²) in [7, 11) is 0. The van der Waals surface area contributed by atoms with Crippen LogP contribution < -0.4 is 0 Å². The number of phenolic OH excluding ortho intramolecular Hbond substituents is 2. The van der Waals surface area contributed by atoms with Crippen LogP contribution in [0.15, 0.2) is 60.7 Å². The highest BCUT2D eigenvalue weighted by atomic mass is 16.3. The number of aromatic nitrogens is 1. The predicted molar refractivity (Wildman–Crippen MR) is 128 cm³/mol. The Labute approximate surface area is 188 Å². The van der Waals surface area contributed by atoms with Crippen LogP contribution >= 0.6 is 0 Å². The summed E-state index contributed by atoms with van der Waals surface area (Å²) in [6.07, 6.45) is 0. The number of nitriles is 1. The van der Waals surface area contributed by atoms with Gasteiger partial charge in [-0.2, -0.15) is 5.26 Å². The van der Waals surface area contributed by atoms with E-state index < -0.39 is 0 Å². The minimum Gasteiger partial charge on any atom is -0.507 e. The number of benzene rings is 3. The Kier molecular flexibility index (Phi) is 5.42. The van der Waals surface area contributed by atoms with Gasteiger partial charge in [0.25, 0.3) is 0 Å². The van der Waals surface area contributed by atoms with Crippen LogP contribution in [-0.2, 0) is 0 Å². The molecule has 4 nitrogen and oxygen atoms in total. The Hall–Kier alpha value is -4.10. The highest BCUT2D eigenvalue weighted by Crippen LogP contribution is 2.35. The molecule has 4 aromatic rings. The molecule has 3 aromatic carbocycles. The fraction of sp³-hybridized carbons (Fsp3) is 0.143. The van der Waals surface area contributed by atoms with Gasteiger partial charge in [0.1, 0.15) is 11.5 Å². The van der Waals surface area contributed by atoms with Gasteiger partial charge < -0.3 is 10.2 Å². The van der Waals surface area contributed by atoms with Crippen LogP contribution in [0.3, 0.4) is 0 Å². The van der Waals surface area contributed by atoms with Crippen LogP contribution in [-0.4, -0.2) is 15.2 Å². The largest absolute Gasteiger partial charge is 0.507 e. The van der Waals surface area contributed by atoms with Gasteiger partial charge in [-0.05, 0) is 110 Å². The van der Waals surface area contributed by atoms with E-state index in [1.807, 2.05) is 76.2 Å².